The van der Waals surface area contributed by atoms with Crippen molar-refractivity contribution in [3.8, 4) is 0 Å². The minimum absolute atomic E-state index is 0. The van der Waals surface area contributed by atoms with Crippen LogP contribution in [0.3, 0.4) is 0 Å². The molecule has 0 fully saturated rings. The van der Waals surface area contributed by atoms with Gasteiger partial charge in [0.15, 0.2) is 5.13 Å². The van der Waals surface area contributed by atoms with Crippen LogP contribution < -0.4 is 4.90 Å². The fraction of sp³-hybridized carbons (Fsp3) is 0.300. The smallest absolute Gasteiger partial charge is 0.308 e. The number of likely N-dealkylation sites (N-methyl/N-ethyl adjacent to an activating group) is 1. The summed E-state index contributed by atoms with van der Waals surface area (Å²) in [4.78, 5) is 21.1. The maximum Gasteiger partial charge on any atom is 0.416 e. The lowest BCUT2D eigenvalue weighted by Gasteiger charge is -2.22. The van der Waals surface area contributed by atoms with Gasteiger partial charge in [-0.15, -0.1) is 12.4 Å². The number of halogens is 4. The van der Waals surface area contributed by atoms with Gasteiger partial charge < -0.3 is 4.90 Å². The largest absolute Gasteiger partial charge is 0.416 e. The third kappa shape index (κ3) is 5.26. The molecular weight excluding hydrogens is 423 g/mol. The summed E-state index contributed by atoms with van der Waals surface area (Å²) in [6, 6.07) is 10.3. The molecule has 0 saturated heterocycles. The molecule has 3 aromatic rings. The number of hydrogen-bond acceptors (Lipinski definition) is 4. The SMILES string of the molecule is Cc1cccc2sc(N(CCN(C)C)C(=O)c3cccc(C(F)(F)F)c3)nc12.Cl. The average molecular weight is 444 g/mol. The van der Waals surface area contributed by atoms with Gasteiger partial charge in [0.1, 0.15) is 0 Å². The fourth-order valence-electron chi connectivity index (χ4n) is 2.76. The Morgan fingerprint density at radius 1 is 1.10 bits per heavy atom. The molecule has 4 nitrogen and oxygen atoms in total. The number of carbonyl (C=O) groups is 1. The molecule has 0 N–H and O–H groups in total. The average Bonchev–Trinajstić information content (AvgIpc) is 3.06. The maximum atomic E-state index is 13.1. The Morgan fingerprint density at radius 2 is 1.79 bits per heavy atom. The van der Waals surface area contributed by atoms with E-state index in [2.05, 4.69) is 4.98 Å². The van der Waals surface area contributed by atoms with Crippen LogP contribution in [0.2, 0.25) is 0 Å². The number of thiazole rings is 1. The zero-order valence-electron chi connectivity index (χ0n) is 16.2. The first-order valence-electron chi connectivity index (χ1n) is 8.67. The van der Waals surface area contributed by atoms with Crippen LogP contribution in [0.4, 0.5) is 18.3 Å². The van der Waals surface area contributed by atoms with Crippen molar-refractivity contribution in [1.82, 2.24) is 9.88 Å². The summed E-state index contributed by atoms with van der Waals surface area (Å²) in [6.45, 7) is 2.81. The molecule has 0 radical (unpaired) electrons. The van der Waals surface area contributed by atoms with Crippen molar-refractivity contribution in [3.05, 3.63) is 59.2 Å². The lowest BCUT2D eigenvalue weighted by atomic mass is 10.1. The number of nitrogens with zero attached hydrogens (tertiary/aromatic N) is 3. The number of alkyl halides is 3. The number of hydrogen-bond donors (Lipinski definition) is 0. The third-order valence-corrected chi connectivity index (χ3v) is 5.34. The molecule has 1 aromatic heterocycles. The molecule has 0 unspecified atom stereocenters. The van der Waals surface area contributed by atoms with Gasteiger partial charge in [-0.25, -0.2) is 4.98 Å². The minimum atomic E-state index is -4.50. The van der Waals surface area contributed by atoms with E-state index in [1.165, 1.54) is 28.4 Å². The number of aromatic nitrogens is 1. The van der Waals surface area contributed by atoms with E-state index < -0.39 is 17.6 Å². The van der Waals surface area contributed by atoms with Gasteiger partial charge in [0.05, 0.1) is 15.8 Å². The van der Waals surface area contributed by atoms with Crippen molar-refractivity contribution in [1.29, 1.82) is 0 Å². The molecule has 3 rings (SSSR count). The number of benzene rings is 2. The van der Waals surface area contributed by atoms with Crippen molar-refractivity contribution in [2.45, 2.75) is 13.1 Å². The van der Waals surface area contributed by atoms with Crippen molar-refractivity contribution in [2.24, 2.45) is 0 Å². The van der Waals surface area contributed by atoms with Crippen LogP contribution in [0.15, 0.2) is 42.5 Å². The summed E-state index contributed by atoms with van der Waals surface area (Å²) in [5.74, 6) is -0.496. The van der Waals surface area contributed by atoms with E-state index in [-0.39, 0.29) is 18.0 Å². The molecule has 1 amide bonds. The summed E-state index contributed by atoms with van der Waals surface area (Å²) < 4.78 is 40.1. The molecule has 0 atom stereocenters. The van der Waals surface area contributed by atoms with Gasteiger partial charge in [0.2, 0.25) is 0 Å². The topological polar surface area (TPSA) is 36.4 Å². The maximum absolute atomic E-state index is 13.1. The van der Waals surface area contributed by atoms with Crippen molar-refractivity contribution < 1.29 is 18.0 Å². The summed E-state index contributed by atoms with van der Waals surface area (Å²) in [5.41, 5.74) is 0.934. The van der Waals surface area contributed by atoms with Crippen LogP contribution in [0.5, 0.6) is 0 Å². The molecule has 1 heterocycles. The van der Waals surface area contributed by atoms with E-state index in [1.807, 2.05) is 44.1 Å². The number of anilines is 1. The molecule has 9 heteroatoms. The highest BCUT2D eigenvalue weighted by Gasteiger charge is 2.31. The van der Waals surface area contributed by atoms with Crippen LogP contribution in [0, 0.1) is 6.92 Å². The highest BCUT2D eigenvalue weighted by molar-refractivity contribution is 7.22. The first-order chi connectivity index (χ1) is 13.2. The number of amides is 1. The van der Waals surface area contributed by atoms with E-state index >= 15 is 0 Å². The quantitative estimate of drug-likeness (QED) is 0.540. The Kier molecular flexibility index (Phi) is 7.26. The second-order valence-corrected chi connectivity index (χ2v) is 7.77. The van der Waals surface area contributed by atoms with E-state index in [1.54, 1.807) is 0 Å². The van der Waals surface area contributed by atoms with Gasteiger partial charge in [0.25, 0.3) is 5.91 Å². The molecule has 0 aliphatic heterocycles. The molecule has 0 saturated carbocycles. The first kappa shape index (κ1) is 23.1. The van der Waals surface area contributed by atoms with Crippen LogP contribution in [0.25, 0.3) is 10.2 Å². The van der Waals surface area contributed by atoms with Gasteiger partial charge in [-0.2, -0.15) is 13.2 Å². The number of para-hydroxylation sites is 1. The molecule has 156 valence electrons. The summed E-state index contributed by atoms with van der Waals surface area (Å²) in [6.07, 6.45) is -4.50. The van der Waals surface area contributed by atoms with Crippen molar-refractivity contribution in [2.75, 3.05) is 32.1 Å². The lowest BCUT2D eigenvalue weighted by molar-refractivity contribution is -0.137. The van der Waals surface area contributed by atoms with Crippen LogP contribution in [-0.4, -0.2) is 43.0 Å². The molecule has 0 aliphatic rings. The first-order valence-corrected chi connectivity index (χ1v) is 9.48. The van der Waals surface area contributed by atoms with Gasteiger partial charge in [-0.05, 0) is 50.8 Å². The number of fused-ring (bicyclic) bond motifs is 1. The van der Waals surface area contributed by atoms with Gasteiger partial charge >= 0.3 is 6.18 Å². The highest BCUT2D eigenvalue weighted by atomic mass is 35.5. The predicted molar refractivity (Wildman–Crippen MR) is 113 cm³/mol. The normalized spacial score (nSPS) is 11.6. The Hall–Kier alpha value is -2.16. The van der Waals surface area contributed by atoms with Gasteiger partial charge in [0, 0.05) is 18.7 Å². The summed E-state index contributed by atoms with van der Waals surface area (Å²) in [7, 11) is 3.74. The van der Waals surface area contributed by atoms with Gasteiger partial charge in [-0.1, -0.05) is 29.5 Å². The van der Waals surface area contributed by atoms with Crippen LogP contribution in [0.1, 0.15) is 21.5 Å². The van der Waals surface area contributed by atoms with E-state index in [0.717, 1.165) is 27.9 Å². The molecule has 2 aromatic carbocycles. The van der Waals surface area contributed by atoms with E-state index in [4.69, 9.17) is 0 Å². The van der Waals surface area contributed by atoms with Crippen LogP contribution >= 0.6 is 23.7 Å². The molecule has 0 spiro atoms. The summed E-state index contributed by atoms with van der Waals surface area (Å²) >= 11 is 1.36. The second-order valence-electron chi connectivity index (χ2n) is 6.76. The molecule has 0 bridgehead atoms. The predicted octanol–water partition coefficient (Wildman–Crippen LogP) is 5.25. The second kappa shape index (κ2) is 9.11. The van der Waals surface area contributed by atoms with E-state index in [0.29, 0.717) is 18.2 Å². The zero-order chi connectivity index (χ0) is 20.5. The Bertz CT molecular complexity index is 1000. The van der Waals surface area contributed by atoms with Crippen molar-refractivity contribution >= 4 is 45.0 Å². The Balaban J connectivity index is 0.00000300. The lowest BCUT2D eigenvalue weighted by Crippen LogP contribution is -2.36. The number of aryl methyl sites for hydroxylation is 1. The zero-order valence-corrected chi connectivity index (χ0v) is 17.8. The number of carbonyl (C=O) groups excluding carboxylic acids is 1. The van der Waals surface area contributed by atoms with Crippen molar-refractivity contribution in [3.63, 3.8) is 0 Å². The number of rotatable bonds is 5. The highest BCUT2D eigenvalue weighted by Crippen LogP contribution is 2.33. The standard InChI is InChI=1S/C20H20F3N3OS.ClH/c1-13-6-4-9-16-17(13)24-19(28-16)26(11-10-25(2)3)18(27)14-7-5-8-15(12-14)20(21,22)23;/h4-9,12H,10-11H2,1-3H3;1H. The fourth-order valence-corrected chi connectivity index (χ4v) is 3.83. The summed E-state index contributed by atoms with van der Waals surface area (Å²) in [5, 5.41) is 0.480. The van der Waals surface area contributed by atoms with Crippen LogP contribution in [-0.2, 0) is 6.18 Å². The third-order valence-electron chi connectivity index (χ3n) is 4.29. The monoisotopic (exact) mass is 443 g/mol. The molecule has 29 heavy (non-hydrogen) atoms. The van der Waals surface area contributed by atoms with Gasteiger partial charge in [-0.3, -0.25) is 9.69 Å². The van der Waals surface area contributed by atoms with E-state index in [9.17, 15) is 18.0 Å². The minimum Gasteiger partial charge on any atom is -0.308 e. The Morgan fingerprint density at radius 3 is 2.41 bits per heavy atom. The molecular formula is C20H21ClF3N3OS. The Labute approximate surface area is 177 Å². The molecule has 0 aliphatic carbocycles.